The minimum Gasteiger partial charge on any atom is -0.508 e. The number of aromatic hydroxyl groups is 1. The molecule has 0 radical (unpaired) electrons. The van der Waals surface area contributed by atoms with Crippen molar-refractivity contribution in [3.05, 3.63) is 64.7 Å². The maximum Gasteiger partial charge on any atom is 0.227 e. The van der Waals surface area contributed by atoms with E-state index >= 15 is 0 Å². The fourth-order valence-corrected chi connectivity index (χ4v) is 3.36. The number of nitriles is 1. The quantitative estimate of drug-likeness (QED) is 0.501. The zero-order chi connectivity index (χ0) is 19.1. The summed E-state index contributed by atoms with van der Waals surface area (Å²) in [5, 5.41) is 19.3. The summed E-state index contributed by atoms with van der Waals surface area (Å²) in [4.78, 5) is 4.23. The summed E-state index contributed by atoms with van der Waals surface area (Å²) in [6.45, 7) is 0. The van der Waals surface area contributed by atoms with E-state index in [1.54, 1.807) is 19.2 Å². The molecule has 1 atom stereocenters. The van der Waals surface area contributed by atoms with E-state index in [4.69, 9.17) is 20.9 Å². The fraction of sp³-hybridized carbons (Fsp3) is 0.100. The van der Waals surface area contributed by atoms with Gasteiger partial charge in [-0.2, -0.15) is 10.2 Å². The van der Waals surface area contributed by atoms with E-state index in [9.17, 15) is 10.4 Å². The van der Waals surface area contributed by atoms with Crippen LogP contribution in [0.4, 0.5) is 11.5 Å². The molecule has 7 nitrogen and oxygen atoms in total. The smallest absolute Gasteiger partial charge is 0.227 e. The third-order valence-corrected chi connectivity index (χ3v) is 4.61. The van der Waals surface area contributed by atoms with Gasteiger partial charge in [-0.1, -0.05) is 18.2 Å². The largest absolute Gasteiger partial charge is 0.508 e. The number of fused-ring (bicyclic) bond motifs is 2. The SMILES string of the molecule is COc1cccc(C2c3ccc(O)cc3Oc3nc(N)c(C#N)c(N)c32)c1. The highest BCUT2D eigenvalue weighted by Crippen LogP contribution is 2.51. The first kappa shape index (κ1) is 16.5. The number of hydrogen-bond acceptors (Lipinski definition) is 7. The molecule has 27 heavy (non-hydrogen) atoms. The Morgan fingerprint density at radius 1 is 1.22 bits per heavy atom. The van der Waals surface area contributed by atoms with E-state index in [0.29, 0.717) is 17.1 Å². The van der Waals surface area contributed by atoms with Gasteiger partial charge in [0.2, 0.25) is 5.88 Å². The normalized spacial score (nSPS) is 14.4. The fourth-order valence-electron chi connectivity index (χ4n) is 3.36. The van der Waals surface area contributed by atoms with Crippen molar-refractivity contribution < 1.29 is 14.6 Å². The molecule has 4 rings (SSSR count). The second kappa shape index (κ2) is 6.11. The van der Waals surface area contributed by atoms with Crippen LogP contribution in [0, 0.1) is 11.3 Å². The van der Waals surface area contributed by atoms with E-state index in [1.165, 1.54) is 6.07 Å². The molecule has 0 spiro atoms. The summed E-state index contributed by atoms with van der Waals surface area (Å²) < 4.78 is 11.2. The van der Waals surface area contributed by atoms with Gasteiger partial charge in [-0.3, -0.25) is 0 Å². The van der Waals surface area contributed by atoms with Crippen molar-refractivity contribution in [2.45, 2.75) is 5.92 Å². The Morgan fingerprint density at radius 2 is 2.04 bits per heavy atom. The average Bonchev–Trinajstić information content (AvgIpc) is 2.66. The van der Waals surface area contributed by atoms with Crippen LogP contribution in [-0.2, 0) is 0 Å². The van der Waals surface area contributed by atoms with Gasteiger partial charge in [-0.25, -0.2) is 0 Å². The third-order valence-electron chi connectivity index (χ3n) is 4.61. The molecule has 0 amide bonds. The molecule has 1 unspecified atom stereocenters. The van der Waals surface area contributed by atoms with Crippen LogP contribution in [-0.4, -0.2) is 17.2 Å². The molecule has 2 aromatic carbocycles. The number of nitrogens with zero attached hydrogens (tertiary/aromatic N) is 2. The summed E-state index contributed by atoms with van der Waals surface area (Å²) in [7, 11) is 1.59. The van der Waals surface area contributed by atoms with E-state index < -0.39 is 0 Å². The molecule has 5 N–H and O–H groups in total. The molecule has 1 aliphatic rings. The Balaban J connectivity index is 2.04. The first-order valence-electron chi connectivity index (χ1n) is 8.17. The van der Waals surface area contributed by atoms with Crippen LogP contribution < -0.4 is 20.9 Å². The second-order valence-corrected chi connectivity index (χ2v) is 6.15. The van der Waals surface area contributed by atoms with E-state index in [-0.39, 0.29) is 34.6 Å². The predicted octanol–water partition coefficient (Wildman–Crippen LogP) is 3.12. The monoisotopic (exact) mass is 360 g/mol. The molecular weight excluding hydrogens is 344 g/mol. The van der Waals surface area contributed by atoms with Crippen molar-refractivity contribution in [3.63, 3.8) is 0 Å². The van der Waals surface area contributed by atoms with Gasteiger partial charge in [0.05, 0.1) is 18.4 Å². The van der Waals surface area contributed by atoms with Crippen LogP contribution >= 0.6 is 0 Å². The van der Waals surface area contributed by atoms with Gasteiger partial charge in [0.15, 0.2) is 0 Å². The lowest BCUT2D eigenvalue weighted by Gasteiger charge is -2.29. The van der Waals surface area contributed by atoms with Gasteiger partial charge in [-0.05, 0) is 23.8 Å². The first-order valence-corrected chi connectivity index (χ1v) is 8.17. The van der Waals surface area contributed by atoms with E-state index in [1.807, 2.05) is 30.3 Å². The number of pyridine rings is 1. The van der Waals surface area contributed by atoms with Crippen LogP contribution in [0.5, 0.6) is 23.1 Å². The maximum absolute atomic E-state index is 9.85. The number of phenols is 1. The Hall–Kier alpha value is -3.92. The van der Waals surface area contributed by atoms with Crippen molar-refractivity contribution in [2.24, 2.45) is 0 Å². The number of nitrogens with two attached hydrogens (primary N) is 2. The lowest BCUT2D eigenvalue weighted by atomic mass is 9.82. The number of aromatic nitrogens is 1. The van der Waals surface area contributed by atoms with Gasteiger partial charge in [0.1, 0.15) is 34.7 Å². The van der Waals surface area contributed by atoms with Crippen molar-refractivity contribution in [2.75, 3.05) is 18.6 Å². The summed E-state index contributed by atoms with van der Waals surface area (Å²) in [5.41, 5.74) is 14.7. The number of ether oxygens (including phenoxy) is 2. The molecule has 1 aliphatic heterocycles. The number of methoxy groups -OCH3 is 1. The lowest BCUT2D eigenvalue weighted by molar-refractivity contribution is 0.412. The Bertz CT molecular complexity index is 1110. The summed E-state index contributed by atoms with van der Waals surface area (Å²) in [6.07, 6.45) is 0. The van der Waals surface area contributed by atoms with Crippen molar-refractivity contribution in [1.82, 2.24) is 4.98 Å². The third kappa shape index (κ3) is 2.55. The molecule has 3 aromatic rings. The van der Waals surface area contributed by atoms with E-state index in [0.717, 1.165) is 11.1 Å². The van der Waals surface area contributed by atoms with Gasteiger partial charge >= 0.3 is 0 Å². The van der Waals surface area contributed by atoms with Crippen molar-refractivity contribution in [1.29, 1.82) is 5.26 Å². The summed E-state index contributed by atoms with van der Waals surface area (Å²) >= 11 is 0. The van der Waals surface area contributed by atoms with Gasteiger partial charge < -0.3 is 26.0 Å². The van der Waals surface area contributed by atoms with Crippen LogP contribution in [0.25, 0.3) is 0 Å². The van der Waals surface area contributed by atoms with Crippen LogP contribution in [0.15, 0.2) is 42.5 Å². The molecule has 0 saturated heterocycles. The van der Waals surface area contributed by atoms with Crippen LogP contribution in [0.3, 0.4) is 0 Å². The molecule has 0 fully saturated rings. The lowest BCUT2D eigenvalue weighted by Crippen LogP contribution is -2.17. The molecular formula is C20H16N4O3. The number of anilines is 2. The van der Waals surface area contributed by atoms with Crippen molar-refractivity contribution in [3.8, 4) is 29.2 Å². The number of hydrogen-bond donors (Lipinski definition) is 3. The van der Waals surface area contributed by atoms with Crippen LogP contribution in [0.1, 0.15) is 28.2 Å². The highest BCUT2D eigenvalue weighted by Gasteiger charge is 2.34. The minimum absolute atomic E-state index is 0.00162. The average molecular weight is 360 g/mol. The van der Waals surface area contributed by atoms with Gasteiger partial charge in [0.25, 0.3) is 0 Å². The number of rotatable bonds is 2. The van der Waals surface area contributed by atoms with Gasteiger partial charge in [0, 0.05) is 17.5 Å². The zero-order valence-corrected chi connectivity index (χ0v) is 14.4. The zero-order valence-electron chi connectivity index (χ0n) is 14.4. The topological polar surface area (TPSA) is 127 Å². The second-order valence-electron chi connectivity index (χ2n) is 6.15. The molecule has 0 aliphatic carbocycles. The number of benzene rings is 2. The van der Waals surface area contributed by atoms with Gasteiger partial charge in [-0.15, -0.1) is 0 Å². The highest BCUT2D eigenvalue weighted by atomic mass is 16.5. The summed E-state index contributed by atoms with van der Waals surface area (Å²) in [6, 6.07) is 14.4. The molecule has 1 aromatic heterocycles. The summed E-state index contributed by atoms with van der Waals surface area (Å²) in [5.74, 6) is 1.06. The molecule has 0 saturated carbocycles. The highest BCUT2D eigenvalue weighted by molar-refractivity contribution is 5.75. The standard InChI is InChI=1S/C20H16N4O3/c1-26-12-4-2-3-10(7-12)16-13-6-5-11(25)8-15(13)27-20-17(16)18(22)14(9-21)19(23)24-20/h2-8,16,25H,1H3,(H4,22,23,24). The van der Waals surface area contributed by atoms with Crippen molar-refractivity contribution >= 4 is 11.5 Å². The molecule has 134 valence electrons. The van der Waals surface area contributed by atoms with E-state index in [2.05, 4.69) is 4.98 Å². The number of phenolic OH excluding ortho intramolecular Hbond substituents is 1. The predicted molar refractivity (Wildman–Crippen MR) is 99.9 cm³/mol. The number of nitrogen functional groups attached to an aromatic ring is 2. The first-order chi connectivity index (χ1) is 13.0. The maximum atomic E-state index is 9.85. The molecule has 7 heteroatoms. The Morgan fingerprint density at radius 3 is 2.78 bits per heavy atom. The van der Waals surface area contributed by atoms with Crippen LogP contribution in [0.2, 0.25) is 0 Å². The Labute approximate surface area is 155 Å². The molecule has 2 heterocycles. The minimum atomic E-state index is -0.361. The molecule has 0 bridgehead atoms. The Kier molecular flexibility index (Phi) is 3.74.